The maximum atomic E-state index is 12.7. The van der Waals surface area contributed by atoms with Crippen molar-refractivity contribution in [3.8, 4) is 11.5 Å². The third kappa shape index (κ3) is 5.23. The fourth-order valence-electron chi connectivity index (χ4n) is 3.07. The third-order valence-corrected chi connectivity index (χ3v) is 6.05. The highest BCUT2D eigenvalue weighted by molar-refractivity contribution is 7.89. The normalized spacial score (nSPS) is 12.1. The lowest BCUT2D eigenvalue weighted by Gasteiger charge is -2.22. The molecule has 0 radical (unpaired) electrons. The smallest absolute Gasteiger partial charge is 0.241 e. The molecule has 2 aromatic carbocycles. The molecule has 0 spiro atoms. The molecule has 0 amide bonds. The summed E-state index contributed by atoms with van der Waals surface area (Å²) in [5.74, 6) is 1.42. The number of ether oxygens (including phenoxy) is 2. The van der Waals surface area contributed by atoms with E-state index >= 15 is 0 Å². The minimum Gasteiger partial charge on any atom is -0.497 e. The van der Waals surface area contributed by atoms with Crippen LogP contribution in [0.5, 0.6) is 11.5 Å². The first-order valence-corrected chi connectivity index (χ1v) is 10.4. The summed E-state index contributed by atoms with van der Waals surface area (Å²) in [5.41, 5.74) is 2.35. The lowest BCUT2D eigenvalue weighted by molar-refractivity contribution is 0.314. The van der Waals surface area contributed by atoms with Crippen LogP contribution in [0, 0.1) is 13.8 Å². The van der Waals surface area contributed by atoms with E-state index in [0.717, 1.165) is 11.3 Å². The number of sulfonamides is 1. The van der Waals surface area contributed by atoms with Gasteiger partial charge in [-0.1, -0.05) is 39.0 Å². The molecule has 0 aliphatic heterocycles. The zero-order chi connectivity index (χ0) is 20.2. The van der Waals surface area contributed by atoms with E-state index in [0.29, 0.717) is 21.8 Å². The third-order valence-electron chi connectivity index (χ3n) is 4.29. The number of rotatable bonds is 7. The molecule has 0 bridgehead atoms. The van der Waals surface area contributed by atoms with Gasteiger partial charge in [-0.25, -0.2) is 13.1 Å². The van der Waals surface area contributed by atoms with Crippen LogP contribution in [0.3, 0.4) is 0 Å². The van der Waals surface area contributed by atoms with E-state index in [1.54, 1.807) is 33.1 Å². The van der Waals surface area contributed by atoms with Gasteiger partial charge in [-0.15, -0.1) is 0 Å². The minimum absolute atomic E-state index is 0.0482. The summed E-state index contributed by atoms with van der Waals surface area (Å²) in [5, 5.41) is 0. The van der Waals surface area contributed by atoms with Crippen LogP contribution in [0.1, 0.15) is 37.5 Å². The first kappa shape index (κ1) is 21.3. The van der Waals surface area contributed by atoms with Gasteiger partial charge in [0.15, 0.2) is 0 Å². The van der Waals surface area contributed by atoms with Crippen molar-refractivity contribution in [2.75, 3.05) is 20.3 Å². The molecule has 0 aliphatic rings. The summed E-state index contributed by atoms with van der Waals surface area (Å²) in [6.07, 6.45) is 0. The van der Waals surface area contributed by atoms with Gasteiger partial charge in [0, 0.05) is 6.54 Å². The van der Waals surface area contributed by atoms with Crippen LogP contribution in [0.25, 0.3) is 0 Å². The molecule has 1 N–H and O–H groups in total. The second-order valence-corrected chi connectivity index (χ2v) is 9.29. The molecule has 0 fully saturated rings. The molecular weight excluding hydrogens is 362 g/mol. The maximum Gasteiger partial charge on any atom is 0.241 e. The largest absolute Gasteiger partial charge is 0.497 e. The second kappa shape index (κ2) is 8.31. The van der Waals surface area contributed by atoms with Crippen molar-refractivity contribution in [3.05, 3.63) is 53.1 Å². The Kier molecular flexibility index (Phi) is 6.54. The highest BCUT2D eigenvalue weighted by Gasteiger charge is 2.21. The molecule has 0 saturated carbocycles. The minimum atomic E-state index is -3.63. The Morgan fingerprint density at radius 2 is 1.63 bits per heavy atom. The number of nitrogens with one attached hydrogen (secondary N) is 1. The van der Waals surface area contributed by atoms with Gasteiger partial charge in [0.2, 0.25) is 10.0 Å². The topological polar surface area (TPSA) is 64.6 Å². The van der Waals surface area contributed by atoms with Crippen LogP contribution >= 0.6 is 0 Å². The van der Waals surface area contributed by atoms with Crippen molar-refractivity contribution in [2.24, 2.45) is 0 Å². The fourth-order valence-corrected chi connectivity index (χ4v) is 4.54. The van der Waals surface area contributed by atoms with E-state index < -0.39 is 10.0 Å². The van der Waals surface area contributed by atoms with Gasteiger partial charge in [-0.05, 0) is 54.2 Å². The molecule has 0 aliphatic carbocycles. The first-order chi connectivity index (χ1) is 12.6. The molecule has 5 nitrogen and oxygen atoms in total. The summed E-state index contributed by atoms with van der Waals surface area (Å²) < 4.78 is 39.1. The molecule has 2 rings (SSSR count). The van der Waals surface area contributed by atoms with Gasteiger partial charge in [-0.3, -0.25) is 0 Å². The second-order valence-electron chi connectivity index (χ2n) is 7.58. The molecule has 6 heteroatoms. The SMILES string of the molecule is COc1cc(C)c(S(=O)(=O)NCCOc2ccccc2C(C)(C)C)c(C)c1. The van der Waals surface area contributed by atoms with E-state index in [1.165, 1.54) is 0 Å². The van der Waals surface area contributed by atoms with Gasteiger partial charge in [0.05, 0.1) is 12.0 Å². The standard InChI is InChI=1S/C21H29NO4S/c1-15-13-17(25-6)14-16(2)20(15)27(23,24)22-11-12-26-19-10-8-7-9-18(19)21(3,4)5/h7-10,13-14,22H,11-12H2,1-6H3. The van der Waals surface area contributed by atoms with Crippen LogP contribution in [0.4, 0.5) is 0 Å². The Morgan fingerprint density at radius 3 is 2.19 bits per heavy atom. The molecule has 27 heavy (non-hydrogen) atoms. The predicted octanol–water partition coefficient (Wildman–Crippen LogP) is 3.97. The summed E-state index contributed by atoms with van der Waals surface area (Å²) in [6.45, 7) is 10.3. The Labute approximate surface area is 162 Å². The Bertz CT molecular complexity index is 876. The molecule has 0 atom stereocenters. The zero-order valence-corrected chi connectivity index (χ0v) is 17.7. The lowest BCUT2D eigenvalue weighted by Crippen LogP contribution is -2.29. The van der Waals surface area contributed by atoms with E-state index in [9.17, 15) is 8.42 Å². The molecule has 0 unspecified atom stereocenters. The summed E-state index contributed by atoms with van der Waals surface area (Å²) in [4.78, 5) is 0.290. The van der Waals surface area contributed by atoms with E-state index in [-0.39, 0.29) is 18.6 Å². The van der Waals surface area contributed by atoms with E-state index in [1.807, 2.05) is 24.3 Å². The zero-order valence-electron chi connectivity index (χ0n) is 16.9. The van der Waals surface area contributed by atoms with Crippen LogP contribution < -0.4 is 14.2 Å². The highest BCUT2D eigenvalue weighted by Crippen LogP contribution is 2.31. The van der Waals surface area contributed by atoms with Crippen LogP contribution in [0.15, 0.2) is 41.3 Å². The average Bonchev–Trinajstić information content (AvgIpc) is 2.57. The number of benzene rings is 2. The number of aryl methyl sites for hydroxylation is 2. The summed E-state index contributed by atoms with van der Waals surface area (Å²) >= 11 is 0. The van der Waals surface area contributed by atoms with Crippen molar-refractivity contribution in [1.29, 1.82) is 0 Å². The monoisotopic (exact) mass is 391 g/mol. The van der Waals surface area contributed by atoms with Gasteiger partial charge < -0.3 is 9.47 Å². The maximum absolute atomic E-state index is 12.7. The van der Waals surface area contributed by atoms with E-state index in [4.69, 9.17) is 9.47 Å². The van der Waals surface area contributed by atoms with Crippen molar-refractivity contribution >= 4 is 10.0 Å². The molecule has 0 aromatic heterocycles. The van der Waals surface area contributed by atoms with Crippen molar-refractivity contribution in [1.82, 2.24) is 4.72 Å². The quantitative estimate of drug-likeness (QED) is 0.726. The Hall–Kier alpha value is -2.05. The summed E-state index contributed by atoms with van der Waals surface area (Å²) in [6, 6.07) is 11.3. The van der Waals surface area contributed by atoms with Crippen LogP contribution in [0.2, 0.25) is 0 Å². The number of hydrogen-bond donors (Lipinski definition) is 1. The Balaban J connectivity index is 2.06. The first-order valence-electron chi connectivity index (χ1n) is 8.93. The molecule has 0 heterocycles. The number of para-hydroxylation sites is 1. The van der Waals surface area contributed by atoms with Gasteiger partial charge >= 0.3 is 0 Å². The number of methoxy groups -OCH3 is 1. The van der Waals surface area contributed by atoms with Crippen molar-refractivity contribution in [3.63, 3.8) is 0 Å². The molecule has 2 aromatic rings. The molecule has 0 saturated heterocycles. The molecular formula is C21H29NO4S. The fraction of sp³-hybridized carbons (Fsp3) is 0.429. The van der Waals surface area contributed by atoms with Crippen LogP contribution in [-0.4, -0.2) is 28.7 Å². The van der Waals surface area contributed by atoms with Crippen molar-refractivity contribution < 1.29 is 17.9 Å². The average molecular weight is 392 g/mol. The number of hydrogen-bond acceptors (Lipinski definition) is 4. The predicted molar refractivity (Wildman–Crippen MR) is 108 cm³/mol. The van der Waals surface area contributed by atoms with Gasteiger partial charge in [-0.2, -0.15) is 0 Å². The van der Waals surface area contributed by atoms with Crippen molar-refractivity contribution in [2.45, 2.75) is 44.9 Å². The van der Waals surface area contributed by atoms with Gasteiger partial charge in [0.1, 0.15) is 18.1 Å². The molecule has 148 valence electrons. The van der Waals surface area contributed by atoms with E-state index in [2.05, 4.69) is 25.5 Å². The highest BCUT2D eigenvalue weighted by atomic mass is 32.2. The van der Waals surface area contributed by atoms with Gasteiger partial charge in [0.25, 0.3) is 0 Å². The lowest BCUT2D eigenvalue weighted by atomic mass is 9.86. The Morgan fingerprint density at radius 1 is 1.04 bits per heavy atom. The summed E-state index contributed by atoms with van der Waals surface area (Å²) in [7, 11) is -2.06. The van der Waals surface area contributed by atoms with Crippen LogP contribution in [-0.2, 0) is 15.4 Å².